The number of nitrogens with zero attached hydrogens (tertiary/aromatic N) is 2. The highest BCUT2D eigenvalue weighted by molar-refractivity contribution is 7.10. The van der Waals surface area contributed by atoms with E-state index >= 15 is 0 Å². The standard InChI is InChI=1S/C13H13FN2OS/c1-9-6-7-18-11(9)8-16(2)13(17)10-4-3-5-12(14)15-10/h3-7H,8H2,1-2H3. The molecular formula is C13H13FN2OS. The van der Waals surface area contributed by atoms with Gasteiger partial charge in [0.05, 0.1) is 6.54 Å². The number of hydrogen-bond donors (Lipinski definition) is 0. The molecule has 0 bridgehead atoms. The molecule has 0 aliphatic heterocycles. The van der Waals surface area contributed by atoms with Gasteiger partial charge in [-0.05, 0) is 36.1 Å². The molecule has 2 aromatic heterocycles. The fraction of sp³-hybridized carbons (Fsp3) is 0.231. The van der Waals surface area contributed by atoms with Gasteiger partial charge in [0, 0.05) is 11.9 Å². The fourth-order valence-electron chi connectivity index (χ4n) is 1.58. The molecule has 0 radical (unpaired) electrons. The highest BCUT2D eigenvalue weighted by Crippen LogP contribution is 2.18. The second kappa shape index (κ2) is 5.27. The molecule has 94 valence electrons. The number of rotatable bonds is 3. The maximum absolute atomic E-state index is 13.0. The van der Waals surface area contributed by atoms with Crippen molar-refractivity contribution < 1.29 is 9.18 Å². The van der Waals surface area contributed by atoms with E-state index in [1.165, 1.54) is 18.2 Å². The molecular weight excluding hydrogens is 251 g/mol. The number of amides is 1. The lowest BCUT2D eigenvalue weighted by Crippen LogP contribution is -2.27. The molecule has 1 amide bonds. The molecule has 0 aromatic carbocycles. The van der Waals surface area contributed by atoms with Crippen molar-refractivity contribution in [1.29, 1.82) is 0 Å². The SMILES string of the molecule is Cc1ccsc1CN(C)C(=O)c1cccc(F)n1. The monoisotopic (exact) mass is 264 g/mol. The number of carbonyl (C=O) groups excluding carboxylic acids is 1. The van der Waals surface area contributed by atoms with Gasteiger partial charge in [0.15, 0.2) is 0 Å². The summed E-state index contributed by atoms with van der Waals surface area (Å²) in [7, 11) is 1.69. The Hall–Kier alpha value is -1.75. The summed E-state index contributed by atoms with van der Waals surface area (Å²) in [4.78, 5) is 18.3. The second-order valence-electron chi connectivity index (χ2n) is 4.03. The van der Waals surface area contributed by atoms with E-state index in [-0.39, 0.29) is 11.6 Å². The van der Waals surface area contributed by atoms with Crippen LogP contribution < -0.4 is 0 Å². The van der Waals surface area contributed by atoms with Crippen LogP contribution in [0, 0.1) is 12.9 Å². The van der Waals surface area contributed by atoms with E-state index in [1.807, 2.05) is 18.4 Å². The van der Waals surface area contributed by atoms with Crippen LogP contribution in [0.15, 0.2) is 29.6 Å². The van der Waals surface area contributed by atoms with E-state index in [1.54, 1.807) is 23.3 Å². The lowest BCUT2D eigenvalue weighted by molar-refractivity contribution is 0.0779. The van der Waals surface area contributed by atoms with E-state index in [2.05, 4.69) is 4.98 Å². The summed E-state index contributed by atoms with van der Waals surface area (Å²) in [5.41, 5.74) is 1.29. The zero-order valence-electron chi connectivity index (χ0n) is 10.2. The Bertz CT molecular complexity index is 568. The lowest BCUT2D eigenvalue weighted by Gasteiger charge is -2.16. The zero-order valence-corrected chi connectivity index (χ0v) is 11.0. The van der Waals surface area contributed by atoms with Crippen molar-refractivity contribution in [3.8, 4) is 0 Å². The highest BCUT2D eigenvalue weighted by Gasteiger charge is 2.15. The molecule has 0 saturated carbocycles. The number of aromatic nitrogens is 1. The smallest absolute Gasteiger partial charge is 0.272 e. The molecule has 2 aromatic rings. The van der Waals surface area contributed by atoms with Crippen molar-refractivity contribution in [3.63, 3.8) is 0 Å². The summed E-state index contributed by atoms with van der Waals surface area (Å²) in [6.45, 7) is 2.52. The average molecular weight is 264 g/mol. The summed E-state index contributed by atoms with van der Waals surface area (Å²) in [5, 5.41) is 1.99. The molecule has 0 aliphatic carbocycles. The maximum atomic E-state index is 13.0. The quantitative estimate of drug-likeness (QED) is 0.799. The van der Waals surface area contributed by atoms with Crippen LogP contribution in [0.5, 0.6) is 0 Å². The van der Waals surface area contributed by atoms with E-state index in [0.29, 0.717) is 6.54 Å². The first-order valence-corrected chi connectivity index (χ1v) is 6.37. The van der Waals surface area contributed by atoms with Gasteiger partial charge in [-0.25, -0.2) is 4.98 Å². The van der Waals surface area contributed by atoms with Crippen LogP contribution in [0.25, 0.3) is 0 Å². The zero-order chi connectivity index (χ0) is 13.1. The van der Waals surface area contributed by atoms with Gasteiger partial charge in [0.1, 0.15) is 5.69 Å². The number of aryl methyl sites for hydroxylation is 1. The molecule has 0 spiro atoms. The topological polar surface area (TPSA) is 33.2 Å². The third-order valence-corrected chi connectivity index (χ3v) is 3.64. The Balaban J connectivity index is 2.12. The Labute approximate surface area is 109 Å². The molecule has 0 fully saturated rings. The van der Waals surface area contributed by atoms with Crippen LogP contribution in [0.3, 0.4) is 0 Å². The molecule has 0 N–H and O–H groups in total. The van der Waals surface area contributed by atoms with E-state index < -0.39 is 5.95 Å². The summed E-state index contributed by atoms with van der Waals surface area (Å²) in [5.74, 6) is -0.913. The molecule has 2 heterocycles. The molecule has 0 saturated heterocycles. The predicted molar refractivity (Wildman–Crippen MR) is 69.0 cm³/mol. The van der Waals surface area contributed by atoms with Crippen LogP contribution >= 0.6 is 11.3 Å². The number of pyridine rings is 1. The maximum Gasteiger partial charge on any atom is 0.272 e. The van der Waals surface area contributed by atoms with Crippen LogP contribution in [-0.2, 0) is 6.54 Å². The van der Waals surface area contributed by atoms with Gasteiger partial charge < -0.3 is 4.90 Å². The molecule has 2 rings (SSSR count). The normalized spacial score (nSPS) is 10.4. The molecule has 0 atom stereocenters. The minimum absolute atomic E-state index is 0.131. The number of halogens is 1. The summed E-state index contributed by atoms with van der Waals surface area (Å²) in [6.07, 6.45) is 0. The van der Waals surface area contributed by atoms with E-state index in [4.69, 9.17) is 0 Å². The number of thiophene rings is 1. The van der Waals surface area contributed by atoms with Gasteiger partial charge in [-0.1, -0.05) is 6.07 Å². The van der Waals surface area contributed by atoms with Crippen LogP contribution in [0.4, 0.5) is 4.39 Å². The van der Waals surface area contributed by atoms with Crippen molar-refractivity contribution in [2.45, 2.75) is 13.5 Å². The summed E-state index contributed by atoms with van der Waals surface area (Å²) >= 11 is 1.61. The predicted octanol–water partition coefficient (Wildman–Crippen LogP) is 2.86. The second-order valence-corrected chi connectivity index (χ2v) is 5.03. The average Bonchev–Trinajstić information content (AvgIpc) is 2.74. The third kappa shape index (κ3) is 2.73. The van der Waals surface area contributed by atoms with Gasteiger partial charge in [-0.15, -0.1) is 11.3 Å². The van der Waals surface area contributed by atoms with Gasteiger partial charge in [0.2, 0.25) is 5.95 Å². The lowest BCUT2D eigenvalue weighted by atomic mass is 10.2. The fourth-order valence-corrected chi connectivity index (χ4v) is 2.53. The van der Waals surface area contributed by atoms with Crippen molar-refractivity contribution in [1.82, 2.24) is 9.88 Å². The van der Waals surface area contributed by atoms with Crippen molar-refractivity contribution >= 4 is 17.2 Å². The first kappa shape index (κ1) is 12.7. The number of carbonyl (C=O) groups is 1. The van der Waals surface area contributed by atoms with Crippen molar-refractivity contribution in [3.05, 3.63) is 51.7 Å². The van der Waals surface area contributed by atoms with Crippen LogP contribution in [-0.4, -0.2) is 22.8 Å². The molecule has 5 heteroatoms. The molecule has 0 unspecified atom stereocenters. The van der Waals surface area contributed by atoms with Crippen LogP contribution in [0.1, 0.15) is 20.9 Å². The Morgan fingerprint density at radius 2 is 2.22 bits per heavy atom. The molecule has 0 aliphatic rings. The first-order valence-electron chi connectivity index (χ1n) is 5.49. The Kier molecular flexibility index (Phi) is 3.72. The Morgan fingerprint density at radius 3 is 2.83 bits per heavy atom. The minimum atomic E-state index is -0.637. The first-order chi connectivity index (χ1) is 8.58. The van der Waals surface area contributed by atoms with Gasteiger partial charge in [-0.3, -0.25) is 4.79 Å². The molecule has 18 heavy (non-hydrogen) atoms. The van der Waals surface area contributed by atoms with Crippen LogP contribution in [0.2, 0.25) is 0 Å². The van der Waals surface area contributed by atoms with Gasteiger partial charge in [-0.2, -0.15) is 4.39 Å². The van der Waals surface area contributed by atoms with Gasteiger partial charge in [0.25, 0.3) is 5.91 Å². The summed E-state index contributed by atoms with van der Waals surface area (Å²) in [6, 6.07) is 6.24. The highest BCUT2D eigenvalue weighted by atomic mass is 32.1. The number of hydrogen-bond acceptors (Lipinski definition) is 3. The third-order valence-electron chi connectivity index (χ3n) is 2.63. The van der Waals surface area contributed by atoms with E-state index in [9.17, 15) is 9.18 Å². The minimum Gasteiger partial charge on any atom is -0.335 e. The van der Waals surface area contributed by atoms with Crippen molar-refractivity contribution in [2.24, 2.45) is 0 Å². The van der Waals surface area contributed by atoms with E-state index in [0.717, 1.165) is 10.4 Å². The summed E-state index contributed by atoms with van der Waals surface area (Å²) < 4.78 is 13.0. The van der Waals surface area contributed by atoms with Crippen molar-refractivity contribution in [2.75, 3.05) is 7.05 Å². The van der Waals surface area contributed by atoms with Gasteiger partial charge >= 0.3 is 0 Å². The Morgan fingerprint density at radius 1 is 1.44 bits per heavy atom. The largest absolute Gasteiger partial charge is 0.335 e. The molecule has 3 nitrogen and oxygen atoms in total.